The molecule has 1 rings (SSSR count). The van der Waals surface area contributed by atoms with E-state index >= 15 is 0 Å². The van der Waals surface area contributed by atoms with Gasteiger partial charge < -0.3 is 16.4 Å². The molecule has 1 aromatic carbocycles. The highest BCUT2D eigenvalue weighted by Gasteiger charge is 2.18. The second-order valence-electron chi connectivity index (χ2n) is 4.13. The summed E-state index contributed by atoms with van der Waals surface area (Å²) in [5.74, 6) is -0.330. The highest BCUT2D eigenvalue weighted by molar-refractivity contribution is 5.95. The number of rotatable bonds is 6. The maximum absolute atomic E-state index is 11.6. The fourth-order valence-electron chi connectivity index (χ4n) is 1.53. The van der Waals surface area contributed by atoms with Crippen molar-refractivity contribution in [3.05, 3.63) is 33.9 Å². The summed E-state index contributed by atoms with van der Waals surface area (Å²) in [4.78, 5) is 22.1. The van der Waals surface area contributed by atoms with Gasteiger partial charge in [-0.1, -0.05) is 0 Å². The lowest BCUT2D eigenvalue weighted by Gasteiger charge is -2.13. The molecular formula is C12H18N4O3. The van der Waals surface area contributed by atoms with E-state index in [1.165, 1.54) is 12.1 Å². The van der Waals surface area contributed by atoms with Crippen molar-refractivity contribution in [2.24, 2.45) is 5.73 Å². The molecule has 0 radical (unpaired) electrons. The van der Waals surface area contributed by atoms with Crippen molar-refractivity contribution in [2.75, 3.05) is 18.4 Å². The molecule has 0 aliphatic carbocycles. The van der Waals surface area contributed by atoms with Crippen LogP contribution < -0.4 is 16.4 Å². The molecule has 0 fully saturated rings. The topological polar surface area (TPSA) is 110 Å². The number of nitrogens with zero attached hydrogens (tertiary/aromatic N) is 1. The maximum Gasteiger partial charge on any atom is 0.293 e. The highest BCUT2D eigenvalue weighted by Crippen LogP contribution is 2.26. The number of nitrogens with one attached hydrogen (secondary N) is 2. The van der Waals surface area contributed by atoms with E-state index < -0.39 is 4.92 Å². The number of benzene rings is 1. The van der Waals surface area contributed by atoms with Gasteiger partial charge in [0.15, 0.2) is 0 Å². The van der Waals surface area contributed by atoms with Gasteiger partial charge in [-0.15, -0.1) is 0 Å². The Hall–Kier alpha value is -2.15. The largest absolute Gasteiger partial charge is 0.376 e. The van der Waals surface area contributed by atoms with E-state index in [1.807, 2.05) is 6.92 Å². The van der Waals surface area contributed by atoms with Crippen molar-refractivity contribution in [1.29, 1.82) is 0 Å². The van der Waals surface area contributed by atoms with Crippen LogP contribution in [0, 0.1) is 10.1 Å². The SMILES string of the molecule is CCNC(=O)c1ccc(NC(C)CN)c([N+](=O)[O-])c1. The molecule has 19 heavy (non-hydrogen) atoms. The molecule has 7 nitrogen and oxygen atoms in total. The monoisotopic (exact) mass is 266 g/mol. The van der Waals surface area contributed by atoms with Crippen LogP contribution in [0.25, 0.3) is 0 Å². The van der Waals surface area contributed by atoms with Crippen molar-refractivity contribution >= 4 is 17.3 Å². The molecule has 0 aliphatic rings. The fourth-order valence-corrected chi connectivity index (χ4v) is 1.53. The molecule has 1 amide bonds. The van der Waals surface area contributed by atoms with Crippen LogP contribution in [0.4, 0.5) is 11.4 Å². The fraction of sp³-hybridized carbons (Fsp3) is 0.417. The number of hydrogen-bond acceptors (Lipinski definition) is 5. The first-order valence-corrected chi connectivity index (χ1v) is 6.02. The van der Waals surface area contributed by atoms with Crippen LogP contribution >= 0.6 is 0 Å². The summed E-state index contributed by atoms with van der Waals surface area (Å²) in [6, 6.07) is 4.24. The molecule has 7 heteroatoms. The molecule has 1 unspecified atom stereocenters. The zero-order valence-electron chi connectivity index (χ0n) is 11.0. The molecule has 0 aliphatic heterocycles. The Morgan fingerprint density at radius 2 is 2.21 bits per heavy atom. The number of amides is 1. The Balaban J connectivity index is 3.07. The lowest BCUT2D eigenvalue weighted by Crippen LogP contribution is -2.26. The van der Waals surface area contributed by atoms with E-state index in [0.29, 0.717) is 18.8 Å². The van der Waals surface area contributed by atoms with E-state index in [9.17, 15) is 14.9 Å². The van der Waals surface area contributed by atoms with E-state index in [2.05, 4.69) is 10.6 Å². The molecule has 0 saturated heterocycles. The lowest BCUT2D eigenvalue weighted by atomic mass is 10.1. The van der Waals surface area contributed by atoms with Gasteiger partial charge in [-0.3, -0.25) is 14.9 Å². The van der Waals surface area contributed by atoms with Crippen molar-refractivity contribution in [3.63, 3.8) is 0 Å². The zero-order valence-corrected chi connectivity index (χ0v) is 11.0. The standard InChI is InChI=1S/C12H18N4O3/c1-3-14-12(17)9-4-5-10(15-8(2)7-13)11(6-9)16(18)19/h4-6,8,15H,3,7,13H2,1-2H3,(H,14,17). The lowest BCUT2D eigenvalue weighted by molar-refractivity contribution is -0.384. The van der Waals surface area contributed by atoms with E-state index in [1.54, 1.807) is 13.0 Å². The smallest absolute Gasteiger partial charge is 0.293 e. The highest BCUT2D eigenvalue weighted by atomic mass is 16.6. The summed E-state index contributed by atoms with van der Waals surface area (Å²) < 4.78 is 0. The first-order chi connectivity index (χ1) is 8.99. The van der Waals surface area contributed by atoms with Crippen LogP contribution in [0.2, 0.25) is 0 Å². The summed E-state index contributed by atoms with van der Waals surface area (Å²) in [6.07, 6.45) is 0. The van der Waals surface area contributed by atoms with Crippen LogP contribution in [0.15, 0.2) is 18.2 Å². The van der Waals surface area contributed by atoms with Gasteiger partial charge in [0, 0.05) is 30.8 Å². The van der Waals surface area contributed by atoms with Crippen LogP contribution in [0.3, 0.4) is 0 Å². The third-order valence-corrected chi connectivity index (χ3v) is 2.55. The van der Waals surface area contributed by atoms with E-state index in [4.69, 9.17) is 5.73 Å². The van der Waals surface area contributed by atoms with Gasteiger partial charge in [-0.05, 0) is 26.0 Å². The molecule has 0 aromatic heterocycles. The molecule has 4 N–H and O–H groups in total. The first kappa shape index (κ1) is 14.9. The summed E-state index contributed by atoms with van der Waals surface area (Å²) in [5, 5.41) is 16.6. The molecule has 0 saturated carbocycles. The van der Waals surface area contributed by atoms with Crippen LogP contribution in [-0.4, -0.2) is 30.0 Å². The zero-order chi connectivity index (χ0) is 14.4. The normalized spacial score (nSPS) is 11.7. The minimum Gasteiger partial charge on any atom is -0.376 e. The summed E-state index contributed by atoms with van der Waals surface area (Å²) >= 11 is 0. The number of nitro benzene ring substituents is 1. The predicted octanol–water partition coefficient (Wildman–Crippen LogP) is 1.10. The molecule has 1 atom stereocenters. The van der Waals surface area contributed by atoms with E-state index in [0.717, 1.165) is 0 Å². The van der Waals surface area contributed by atoms with Crippen molar-refractivity contribution in [1.82, 2.24) is 5.32 Å². The third kappa shape index (κ3) is 3.92. The predicted molar refractivity (Wildman–Crippen MR) is 73.2 cm³/mol. The minimum absolute atomic E-state index is 0.0889. The summed E-state index contributed by atoms with van der Waals surface area (Å²) in [5.41, 5.74) is 5.95. The Labute approximate surface area is 111 Å². The molecule has 0 spiro atoms. The summed E-state index contributed by atoms with van der Waals surface area (Å²) in [6.45, 7) is 4.43. The first-order valence-electron chi connectivity index (χ1n) is 6.02. The Bertz CT molecular complexity index is 476. The van der Waals surface area contributed by atoms with Crippen molar-refractivity contribution in [3.8, 4) is 0 Å². The van der Waals surface area contributed by atoms with Crippen LogP contribution in [-0.2, 0) is 0 Å². The average molecular weight is 266 g/mol. The van der Waals surface area contributed by atoms with Gasteiger partial charge in [0.25, 0.3) is 11.6 Å². The van der Waals surface area contributed by atoms with Crippen LogP contribution in [0.1, 0.15) is 24.2 Å². The summed E-state index contributed by atoms with van der Waals surface area (Å²) in [7, 11) is 0. The van der Waals surface area contributed by atoms with Gasteiger partial charge in [0.2, 0.25) is 0 Å². The van der Waals surface area contributed by atoms with Gasteiger partial charge in [0.05, 0.1) is 4.92 Å². The molecule has 0 heterocycles. The molecule has 0 bridgehead atoms. The Morgan fingerprint density at radius 1 is 1.53 bits per heavy atom. The number of nitro groups is 1. The number of anilines is 1. The quantitative estimate of drug-likeness (QED) is 0.527. The van der Waals surface area contributed by atoms with Crippen molar-refractivity contribution < 1.29 is 9.72 Å². The Morgan fingerprint density at radius 3 is 2.74 bits per heavy atom. The van der Waals surface area contributed by atoms with E-state index in [-0.39, 0.29) is 23.2 Å². The Kier molecular flexibility index (Phi) is 5.25. The second kappa shape index (κ2) is 6.69. The number of carbonyl (C=O) groups excluding carboxylic acids is 1. The minimum atomic E-state index is -0.520. The van der Waals surface area contributed by atoms with Gasteiger partial charge in [-0.25, -0.2) is 0 Å². The van der Waals surface area contributed by atoms with Gasteiger partial charge in [-0.2, -0.15) is 0 Å². The number of carbonyl (C=O) groups is 1. The molecule has 104 valence electrons. The van der Waals surface area contributed by atoms with Gasteiger partial charge in [0.1, 0.15) is 5.69 Å². The number of hydrogen-bond donors (Lipinski definition) is 3. The number of nitrogens with two attached hydrogens (primary N) is 1. The average Bonchev–Trinajstić information content (AvgIpc) is 2.38. The van der Waals surface area contributed by atoms with Crippen LogP contribution in [0.5, 0.6) is 0 Å². The second-order valence-corrected chi connectivity index (χ2v) is 4.13. The van der Waals surface area contributed by atoms with Gasteiger partial charge >= 0.3 is 0 Å². The molecule has 1 aromatic rings. The molecular weight excluding hydrogens is 248 g/mol. The third-order valence-electron chi connectivity index (χ3n) is 2.55. The van der Waals surface area contributed by atoms with Crippen molar-refractivity contribution in [2.45, 2.75) is 19.9 Å². The maximum atomic E-state index is 11.6.